The first kappa shape index (κ1) is 17.9. The molecule has 0 N–H and O–H groups in total. The van der Waals surface area contributed by atoms with Crippen LogP contribution in [0.3, 0.4) is 0 Å². The average Bonchev–Trinajstić information content (AvgIpc) is 2.36. The molecule has 110 valence electrons. The number of esters is 1. The van der Waals surface area contributed by atoms with Crippen molar-refractivity contribution in [3.05, 3.63) is 24.3 Å². The molecule has 0 saturated carbocycles. The molecule has 19 heavy (non-hydrogen) atoms. The van der Waals surface area contributed by atoms with Crippen LogP contribution in [0, 0.1) is 5.92 Å². The molecule has 1 unspecified atom stereocenters. The zero-order valence-electron chi connectivity index (χ0n) is 12.9. The molecule has 2 heteroatoms. The van der Waals surface area contributed by atoms with Gasteiger partial charge in [-0.1, -0.05) is 57.4 Å². The van der Waals surface area contributed by atoms with Crippen LogP contribution in [0.5, 0.6) is 0 Å². The maximum absolute atomic E-state index is 10.5. The fourth-order valence-corrected chi connectivity index (χ4v) is 1.91. The summed E-state index contributed by atoms with van der Waals surface area (Å²) in [6.45, 7) is 6.52. The molecule has 0 aromatic rings. The Morgan fingerprint density at radius 3 is 2.58 bits per heavy atom. The summed E-state index contributed by atoms with van der Waals surface area (Å²) in [5.74, 6) is 0.517. The molecule has 0 radical (unpaired) electrons. The van der Waals surface area contributed by atoms with Crippen LogP contribution in [-0.4, -0.2) is 12.6 Å². The first-order valence-corrected chi connectivity index (χ1v) is 7.63. The molecule has 0 aromatic heterocycles. The van der Waals surface area contributed by atoms with E-state index in [2.05, 4.69) is 38.2 Å². The Hall–Kier alpha value is -1.05. The fourth-order valence-electron chi connectivity index (χ4n) is 1.91. The van der Waals surface area contributed by atoms with Crippen molar-refractivity contribution in [3.63, 3.8) is 0 Å². The fraction of sp³-hybridized carbons (Fsp3) is 0.706. The van der Waals surface area contributed by atoms with Crippen molar-refractivity contribution in [2.75, 3.05) is 6.61 Å². The van der Waals surface area contributed by atoms with Gasteiger partial charge in [0.25, 0.3) is 0 Å². The zero-order valence-corrected chi connectivity index (χ0v) is 12.9. The molecule has 0 rings (SSSR count). The molecular formula is C17H30O2. The lowest BCUT2D eigenvalue weighted by atomic mass is 10.1. The van der Waals surface area contributed by atoms with Gasteiger partial charge in [0.1, 0.15) is 0 Å². The normalized spacial score (nSPS) is 13.2. The summed E-state index contributed by atoms with van der Waals surface area (Å²) in [7, 11) is 0. The lowest BCUT2D eigenvalue weighted by Crippen LogP contribution is -1.99. The van der Waals surface area contributed by atoms with Gasteiger partial charge in [0.05, 0.1) is 6.61 Å². The highest BCUT2D eigenvalue weighted by Crippen LogP contribution is 2.07. The molecule has 0 amide bonds. The van der Waals surface area contributed by atoms with Crippen molar-refractivity contribution in [1.82, 2.24) is 0 Å². The maximum Gasteiger partial charge on any atom is 0.302 e. The van der Waals surface area contributed by atoms with E-state index in [0.717, 1.165) is 19.3 Å². The molecule has 0 spiro atoms. The van der Waals surface area contributed by atoms with Gasteiger partial charge in [-0.05, 0) is 31.6 Å². The van der Waals surface area contributed by atoms with Crippen molar-refractivity contribution < 1.29 is 9.53 Å². The van der Waals surface area contributed by atoms with Crippen molar-refractivity contribution in [2.45, 2.75) is 65.7 Å². The van der Waals surface area contributed by atoms with Crippen LogP contribution in [0.1, 0.15) is 65.7 Å². The Bertz CT molecular complexity index is 266. The van der Waals surface area contributed by atoms with Gasteiger partial charge in [-0.3, -0.25) is 4.79 Å². The summed E-state index contributed by atoms with van der Waals surface area (Å²) < 4.78 is 4.88. The average molecular weight is 266 g/mol. The van der Waals surface area contributed by atoms with Gasteiger partial charge in [-0.25, -0.2) is 0 Å². The number of unbranched alkanes of at least 4 members (excludes halogenated alkanes) is 4. The van der Waals surface area contributed by atoms with Crippen molar-refractivity contribution in [3.8, 4) is 0 Å². The van der Waals surface area contributed by atoms with Gasteiger partial charge in [-0.15, -0.1) is 0 Å². The molecule has 0 aliphatic rings. The second kappa shape index (κ2) is 13.4. The SMILES string of the molecule is CCCC(C)/C=C\C=C\CCCCCCOC(C)=O. The van der Waals surface area contributed by atoms with Crippen LogP contribution in [0.25, 0.3) is 0 Å². The van der Waals surface area contributed by atoms with Crippen LogP contribution < -0.4 is 0 Å². The van der Waals surface area contributed by atoms with Gasteiger partial charge < -0.3 is 4.74 Å². The van der Waals surface area contributed by atoms with Gasteiger partial charge in [0, 0.05) is 6.92 Å². The molecule has 0 aromatic carbocycles. The van der Waals surface area contributed by atoms with E-state index in [0.29, 0.717) is 12.5 Å². The summed E-state index contributed by atoms with van der Waals surface area (Å²) in [6.07, 6.45) is 17.1. The molecule has 0 saturated heterocycles. The Balaban J connectivity index is 3.32. The Labute approximate surface area is 118 Å². The van der Waals surface area contributed by atoms with Crippen LogP contribution in [0.2, 0.25) is 0 Å². The lowest BCUT2D eigenvalue weighted by Gasteiger charge is -2.01. The summed E-state index contributed by atoms with van der Waals surface area (Å²) in [5, 5.41) is 0. The molecular weight excluding hydrogens is 236 g/mol. The minimum Gasteiger partial charge on any atom is -0.466 e. The second-order valence-corrected chi connectivity index (χ2v) is 5.12. The Morgan fingerprint density at radius 1 is 1.16 bits per heavy atom. The number of carbonyl (C=O) groups excluding carboxylic acids is 1. The van der Waals surface area contributed by atoms with E-state index in [9.17, 15) is 4.79 Å². The third kappa shape index (κ3) is 14.9. The van der Waals surface area contributed by atoms with E-state index in [1.54, 1.807) is 0 Å². The molecule has 2 nitrogen and oxygen atoms in total. The molecule has 0 aliphatic heterocycles. The quantitative estimate of drug-likeness (QED) is 0.297. The highest BCUT2D eigenvalue weighted by atomic mass is 16.5. The predicted octanol–water partition coefficient (Wildman–Crippen LogP) is 5.05. The minimum absolute atomic E-state index is 0.174. The van der Waals surface area contributed by atoms with Crippen LogP contribution in [0.4, 0.5) is 0 Å². The van der Waals surface area contributed by atoms with Gasteiger partial charge >= 0.3 is 5.97 Å². The van der Waals surface area contributed by atoms with Crippen molar-refractivity contribution >= 4 is 5.97 Å². The Kier molecular flexibility index (Phi) is 12.6. The van der Waals surface area contributed by atoms with E-state index < -0.39 is 0 Å². The van der Waals surface area contributed by atoms with Gasteiger partial charge in [-0.2, -0.15) is 0 Å². The van der Waals surface area contributed by atoms with E-state index in [1.165, 1.54) is 32.6 Å². The molecule has 0 bridgehead atoms. The standard InChI is InChI=1S/C17H30O2/c1-4-13-16(2)14-11-9-7-5-6-8-10-12-15-19-17(3)18/h7,9,11,14,16H,4-6,8,10,12-13,15H2,1-3H3/b9-7+,14-11-. The summed E-state index contributed by atoms with van der Waals surface area (Å²) in [4.78, 5) is 10.5. The number of allylic oxidation sites excluding steroid dienone is 4. The molecule has 0 fully saturated rings. The summed E-state index contributed by atoms with van der Waals surface area (Å²) in [5.41, 5.74) is 0. The van der Waals surface area contributed by atoms with Crippen molar-refractivity contribution in [1.29, 1.82) is 0 Å². The molecule has 0 aliphatic carbocycles. The monoisotopic (exact) mass is 266 g/mol. The van der Waals surface area contributed by atoms with Crippen LogP contribution in [-0.2, 0) is 9.53 Å². The third-order valence-electron chi connectivity index (χ3n) is 3.00. The molecule has 0 heterocycles. The van der Waals surface area contributed by atoms with Crippen molar-refractivity contribution in [2.24, 2.45) is 5.92 Å². The van der Waals surface area contributed by atoms with Gasteiger partial charge in [0.2, 0.25) is 0 Å². The first-order chi connectivity index (χ1) is 9.16. The Morgan fingerprint density at radius 2 is 1.89 bits per heavy atom. The second-order valence-electron chi connectivity index (χ2n) is 5.12. The van der Waals surface area contributed by atoms with Crippen LogP contribution in [0.15, 0.2) is 24.3 Å². The zero-order chi connectivity index (χ0) is 14.3. The third-order valence-corrected chi connectivity index (χ3v) is 3.00. The molecule has 1 atom stereocenters. The lowest BCUT2D eigenvalue weighted by molar-refractivity contribution is -0.141. The largest absolute Gasteiger partial charge is 0.466 e. The predicted molar refractivity (Wildman–Crippen MR) is 82.1 cm³/mol. The van der Waals surface area contributed by atoms with Crippen LogP contribution >= 0.6 is 0 Å². The topological polar surface area (TPSA) is 26.3 Å². The first-order valence-electron chi connectivity index (χ1n) is 7.63. The van der Waals surface area contributed by atoms with E-state index >= 15 is 0 Å². The van der Waals surface area contributed by atoms with E-state index in [4.69, 9.17) is 4.74 Å². The number of hydrogen-bond donors (Lipinski definition) is 0. The van der Waals surface area contributed by atoms with E-state index in [1.807, 2.05) is 0 Å². The van der Waals surface area contributed by atoms with Gasteiger partial charge in [0.15, 0.2) is 0 Å². The smallest absolute Gasteiger partial charge is 0.302 e. The summed E-state index contributed by atoms with van der Waals surface area (Å²) in [6, 6.07) is 0. The number of ether oxygens (including phenoxy) is 1. The number of carbonyl (C=O) groups is 1. The minimum atomic E-state index is -0.174. The number of hydrogen-bond acceptors (Lipinski definition) is 2. The van der Waals surface area contributed by atoms with E-state index in [-0.39, 0.29) is 5.97 Å². The number of rotatable bonds is 11. The highest BCUT2D eigenvalue weighted by Gasteiger charge is 1.93. The summed E-state index contributed by atoms with van der Waals surface area (Å²) >= 11 is 0. The maximum atomic E-state index is 10.5. The highest BCUT2D eigenvalue weighted by molar-refractivity contribution is 5.65.